The second-order valence-electron chi connectivity index (χ2n) is 6.68. The Kier molecular flexibility index (Phi) is 6.85. The second kappa shape index (κ2) is 9.73. The van der Waals surface area contributed by atoms with Gasteiger partial charge in [-0.2, -0.15) is 0 Å². The van der Waals surface area contributed by atoms with Crippen LogP contribution in [0.3, 0.4) is 0 Å². The Bertz CT molecular complexity index is 921. The lowest BCUT2D eigenvalue weighted by atomic mass is 10.2. The fourth-order valence-corrected chi connectivity index (χ4v) is 3.37. The number of hydrogen-bond donors (Lipinski definition) is 1. The monoisotopic (exact) mass is 388 g/mol. The molecular weight excluding hydrogens is 360 g/mol. The molecule has 1 amide bonds. The van der Waals surface area contributed by atoms with Crippen LogP contribution in [-0.2, 0) is 0 Å². The molecule has 150 valence electrons. The maximum atomic E-state index is 12.8. The number of nitrogens with one attached hydrogen (secondary N) is 1. The number of rotatable bonds is 8. The molecule has 0 aliphatic heterocycles. The molecule has 1 heterocycles. The number of aromatic nitrogens is 1. The largest absolute Gasteiger partial charge is 0.372 e. The van der Waals surface area contributed by atoms with Gasteiger partial charge in [0.25, 0.3) is 5.91 Å². The Morgan fingerprint density at radius 3 is 2.14 bits per heavy atom. The predicted molar refractivity (Wildman–Crippen MR) is 121 cm³/mol. The summed E-state index contributed by atoms with van der Waals surface area (Å²) in [5.74, 6) is -0.168. The van der Waals surface area contributed by atoms with Gasteiger partial charge in [0.05, 0.1) is 17.4 Å². The average molecular weight is 389 g/mol. The van der Waals surface area contributed by atoms with E-state index in [2.05, 4.69) is 40.9 Å². The van der Waals surface area contributed by atoms with Gasteiger partial charge in [-0.25, -0.2) is 0 Å². The van der Waals surface area contributed by atoms with E-state index >= 15 is 0 Å². The van der Waals surface area contributed by atoms with Crippen LogP contribution in [0.4, 0.5) is 22.7 Å². The van der Waals surface area contributed by atoms with E-state index in [9.17, 15) is 4.79 Å². The number of amides is 1. The number of anilines is 4. The van der Waals surface area contributed by atoms with Crippen molar-refractivity contribution in [3.05, 3.63) is 78.6 Å². The van der Waals surface area contributed by atoms with Crippen molar-refractivity contribution >= 4 is 28.7 Å². The summed E-state index contributed by atoms with van der Waals surface area (Å²) >= 11 is 0. The minimum atomic E-state index is -0.168. The van der Waals surface area contributed by atoms with Gasteiger partial charge < -0.3 is 15.1 Å². The van der Waals surface area contributed by atoms with E-state index in [4.69, 9.17) is 0 Å². The topological polar surface area (TPSA) is 48.5 Å². The molecule has 5 heteroatoms. The Morgan fingerprint density at radius 1 is 0.828 bits per heavy atom. The molecule has 0 unspecified atom stereocenters. The van der Waals surface area contributed by atoms with Crippen LogP contribution < -0.4 is 15.1 Å². The number of hydrogen-bond acceptors (Lipinski definition) is 4. The molecule has 0 radical (unpaired) electrons. The van der Waals surface area contributed by atoms with Gasteiger partial charge in [0.15, 0.2) is 0 Å². The van der Waals surface area contributed by atoms with Crippen LogP contribution >= 0.6 is 0 Å². The summed E-state index contributed by atoms with van der Waals surface area (Å²) in [7, 11) is 0. The van der Waals surface area contributed by atoms with Crippen molar-refractivity contribution in [2.24, 2.45) is 0 Å². The molecule has 0 spiro atoms. The van der Waals surface area contributed by atoms with Crippen molar-refractivity contribution in [3.63, 3.8) is 0 Å². The fraction of sp³-hybridized carbons (Fsp3) is 0.250. The van der Waals surface area contributed by atoms with E-state index in [0.717, 1.165) is 42.4 Å². The lowest BCUT2D eigenvalue weighted by Crippen LogP contribution is -2.21. The Labute approximate surface area is 173 Å². The predicted octanol–water partition coefficient (Wildman–Crippen LogP) is 5.34. The smallest absolute Gasteiger partial charge is 0.257 e. The summed E-state index contributed by atoms with van der Waals surface area (Å²) in [6, 6.07) is 19.9. The number of carbonyl (C=O) groups is 1. The molecule has 1 N–H and O–H groups in total. The van der Waals surface area contributed by atoms with Crippen LogP contribution in [0.5, 0.6) is 0 Å². The van der Waals surface area contributed by atoms with Crippen LogP contribution in [-0.4, -0.2) is 30.5 Å². The summed E-state index contributed by atoms with van der Waals surface area (Å²) in [5, 5.41) is 2.97. The molecule has 3 rings (SSSR count). The standard InChI is InChI=1S/C24H28N4O/c1-4-27(5-2)21-14-12-20(13-15-21)26-24(29)19-16-23(18-25-17-19)28(6-3)22-10-8-7-9-11-22/h7-18H,4-6H2,1-3H3,(H,26,29). The average Bonchev–Trinajstić information content (AvgIpc) is 2.77. The zero-order valence-corrected chi connectivity index (χ0v) is 17.3. The Hall–Kier alpha value is -3.34. The van der Waals surface area contributed by atoms with Crippen LogP contribution in [0.1, 0.15) is 31.1 Å². The number of nitrogens with zero attached hydrogens (tertiary/aromatic N) is 3. The highest BCUT2D eigenvalue weighted by atomic mass is 16.1. The van der Waals surface area contributed by atoms with E-state index < -0.39 is 0 Å². The normalized spacial score (nSPS) is 10.4. The highest BCUT2D eigenvalue weighted by Crippen LogP contribution is 2.25. The van der Waals surface area contributed by atoms with E-state index in [1.54, 1.807) is 12.4 Å². The number of para-hydroxylation sites is 1. The van der Waals surface area contributed by atoms with Crippen molar-refractivity contribution in [2.75, 3.05) is 34.8 Å². The fourth-order valence-electron chi connectivity index (χ4n) is 3.37. The van der Waals surface area contributed by atoms with Gasteiger partial charge >= 0.3 is 0 Å². The van der Waals surface area contributed by atoms with Crippen molar-refractivity contribution < 1.29 is 4.79 Å². The summed E-state index contributed by atoms with van der Waals surface area (Å²) in [4.78, 5) is 21.5. The minimum absolute atomic E-state index is 0.168. The zero-order chi connectivity index (χ0) is 20.6. The van der Waals surface area contributed by atoms with E-state index in [1.807, 2.05) is 60.7 Å². The third-order valence-corrected chi connectivity index (χ3v) is 4.94. The molecule has 29 heavy (non-hydrogen) atoms. The first-order valence-corrected chi connectivity index (χ1v) is 10.1. The number of benzene rings is 2. The molecule has 0 saturated carbocycles. The van der Waals surface area contributed by atoms with Crippen molar-refractivity contribution in [1.29, 1.82) is 0 Å². The van der Waals surface area contributed by atoms with E-state index in [-0.39, 0.29) is 5.91 Å². The molecule has 2 aromatic carbocycles. The molecule has 0 aliphatic rings. The van der Waals surface area contributed by atoms with E-state index in [1.165, 1.54) is 0 Å². The maximum Gasteiger partial charge on any atom is 0.257 e. The number of carbonyl (C=O) groups excluding carboxylic acids is 1. The van der Waals surface area contributed by atoms with Gasteiger partial charge in [0, 0.05) is 42.9 Å². The number of pyridine rings is 1. The Balaban J connectivity index is 1.76. The maximum absolute atomic E-state index is 12.8. The molecule has 5 nitrogen and oxygen atoms in total. The molecule has 0 atom stereocenters. The van der Waals surface area contributed by atoms with Gasteiger partial charge in [-0.15, -0.1) is 0 Å². The first-order valence-electron chi connectivity index (χ1n) is 10.1. The minimum Gasteiger partial charge on any atom is -0.372 e. The molecule has 0 saturated heterocycles. The molecule has 1 aromatic heterocycles. The molecule has 0 bridgehead atoms. The van der Waals surface area contributed by atoms with Crippen LogP contribution in [0.25, 0.3) is 0 Å². The van der Waals surface area contributed by atoms with Crippen LogP contribution in [0.15, 0.2) is 73.1 Å². The second-order valence-corrected chi connectivity index (χ2v) is 6.68. The summed E-state index contributed by atoms with van der Waals surface area (Å²) in [5.41, 5.74) is 4.42. The molecular formula is C24H28N4O. The Morgan fingerprint density at radius 2 is 1.52 bits per heavy atom. The van der Waals surface area contributed by atoms with Crippen LogP contribution in [0, 0.1) is 0 Å². The van der Waals surface area contributed by atoms with Crippen LogP contribution in [0.2, 0.25) is 0 Å². The summed E-state index contributed by atoms with van der Waals surface area (Å²) in [6.45, 7) is 9.04. The summed E-state index contributed by atoms with van der Waals surface area (Å²) in [6.07, 6.45) is 3.38. The first-order chi connectivity index (χ1) is 14.2. The first kappa shape index (κ1) is 20.4. The third-order valence-electron chi connectivity index (χ3n) is 4.94. The van der Waals surface area contributed by atoms with Gasteiger partial charge in [-0.05, 0) is 63.2 Å². The zero-order valence-electron chi connectivity index (χ0n) is 17.3. The highest BCUT2D eigenvalue weighted by molar-refractivity contribution is 6.04. The van der Waals surface area contributed by atoms with Gasteiger partial charge in [-0.1, -0.05) is 18.2 Å². The molecule has 0 aliphatic carbocycles. The lowest BCUT2D eigenvalue weighted by Gasteiger charge is -2.23. The van der Waals surface area contributed by atoms with Crippen molar-refractivity contribution in [2.45, 2.75) is 20.8 Å². The van der Waals surface area contributed by atoms with Crippen molar-refractivity contribution in [1.82, 2.24) is 4.98 Å². The summed E-state index contributed by atoms with van der Waals surface area (Å²) < 4.78 is 0. The van der Waals surface area contributed by atoms with Gasteiger partial charge in [-0.3, -0.25) is 9.78 Å². The highest BCUT2D eigenvalue weighted by Gasteiger charge is 2.12. The third kappa shape index (κ3) is 4.93. The molecule has 3 aromatic rings. The van der Waals surface area contributed by atoms with E-state index in [0.29, 0.717) is 5.56 Å². The van der Waals surface area contributed by atoms with Gasteiger partial charge in [0.1, 0.15) is 0 Å². The lowest BCUT2D eigenvalue weighted by molar-refractivity contribution is 0.102. The SMILES string of the molecule is CCN(CC)c1ccc(NC(=O)c2cncc(N(CC)c3ccccc3)c2)cc1. The van der Waals surface area contributed by atoms with Crippen molar-refractivity contribution in [3.8, 4) is 0 Å². The molecule has 0 fully saturated rings. The quantitative estimate of drug-likeness (QED) is 0.566. The van der Waals surface area contributed by atoms with Gasteiger partial charge in [0.2, 0.25) is 0 Å².